The molecule has 0 aliphatic carbocycles. The average molecular weight is 413 g/mol. The van der Waals surface area contributed by atoms with Gasteiger partial charge in [0.2, 0.25) is 5.91 Å². The summed E-state index contributed by atoms with van der Waals surface area (Å²) in [6.07, 6.45) is 9.50. The number of primary amides is 1. The predicted octanol–water partition coefficient (Wildman–Crippen LogP) is 4.09. The summed E-state index contributed by atoms with van der Waals surface area (Å²) in [5.74, 6) is 2.58. The summed E-state index contributed by atoms with van der Waals surface area (Å²) in [6, 6.07) is 9.68. The lowest BCUT2D eigenvalue weighted by Gasteiger charge is -2.08. The van der Waals surface area contributed by atoms with Gasteiger partial charge < -0.3 is 15.4 Å². The molecule has 5 nitrogen and oxygen atoms in total. The fraction of sp³-hybridized carbons (Fsp3) is 0.0952. The van der Waals surface area contributed by atoms with Crippen LogP contribution in [0.1, 0.15) is 21.7 Å². The molecule has 2 aromatic carbocycles. The van der Waals surface area contributed by atoms with Gasteiger partial charge in [0.05, 0.1) is 17.3 Å². The number of aromatic hydroxyl groups is 1. The van der Waals surface area contributed by atoms with Gasteiger partial charge in [0.1, 0.15) is 11.6 Å². The highest BCUT2D eigenvalue weighted by atomic mass is 35.5. The number of carbonyl (C=O) groups is 1. The molecule has 1 aromatic heterocycles. The largest absolute Gasteiger partial charge is 0.508 e. The molecular weight excluding hydrogens is 397 g/mol. The van der Waals surface area contributed by atoms with Crippen LogP contribution in [0.5, 0.6) is 5.75 Å². The van der Waals surface area contributed by atoms with Crippen LogP contribution >= 0.6 is 23.2 Å². The smallest absolute Gasteiger partial charge is 0.249 e. The van der Waals surface area contributed by atoms with Crippen LogP contribution in [0.3, 0.4) is 0 Å². The minimum absolute atomic E-state index is 0.0222. The van der Waals surface area contributed by atoms with E-state index >= 15 is 0 Å². The number of aromatic nitrogens is 2. The Labute approximate surface area is 172 Å². The van der Waals surface area contributed by atoms with E-state index < -0.39 is 5.91 Å². The Bertz CT molecular complexity index is 1080. The van der Waals surface area contributed by atoms with Gasteiger partial charge in [-0.15, -0.1) is 6.42 Å². The van der Waals surface area contributed by atoms with Gasteiger partial charge in [-0.3, -0.25) is 4.79 Å². The number of hydrogen-bond donors (Lipinski definition) is 2. The average Bonchev–Trinajstić information content (AvgIpc) is 3.03. The topological polar surface area (TPSA) is 81.1 Å². The molecule has 3 N–H and O–H groups in total. The first-order chi connectivity index (χ1) is 13.4. The molecule has 0 fully saturated rings. The third-order valence-electron chi connectivity index (χ3n) is 4.14. The van der Waals surface area contributed by atoms with Crippen molar-refractivity contribution < 1.29 is 9.90 Å². The van der Waals surface area contributed by atoms with Gasteiger partial charge in [-0.2, -0.15) is 0 Å². The second-order valence-electron chi connectivity index (χ2n) is 6.05. The molecule has 0 bridgehead atoms. The molecule has 141 valence electrons. The Kier molecular flexibility index (Phi) is 5.93. The quantitative estimate of drug-likeness (QED) is 0.598. The molecule has 1 radical (unpaired) electrons. The summed E-state index contributed by atoms with van der Waals surface area (Å²) in [5.41, 5.74) is 7.72. The molecule has 3 aromatic rings. The Morgan fingerprint density at radius 1 is 1.29 bits per heavy atom. The van der Waals surface area contributed by atoms with E-state index in [0.717, 1.165) is 5.56 Å². The van der Waals surface area contributed by atoms with Crippen LogP contribution in [0.2, 0.25) is 10.0 Å². The number of benzene rings is 2. The zero-order valence-electron chi connectivity index (χ0n) is 14.7. The molecule has 7 heteroatoms. The molecule has 1 heterocycles. The summed E-state index contributed by atoms with van der Waals surface area (Å²) in [6.45, 7) is 0.322. The Morgan fingerprint density at radius 2 is 2.07 bits per heavy atom. The number of nitrogens with zero attached hydrogens (tertiary/aromatic N) is 2. The monoisotopic (exact) mass is 412 g/mol. The minimum Gasteiger partial charge on any atom is -0.508 e. The third kappa shape index (κ3) is 4.30. The van der Waals surface area contributed by atoms with Crippen molar-refractivity contribution in [2.75, 3.05) is 0 Å². The van der Waals surface area contributed by atoms with Crippen LogP contribution in [0.4, 0.5) is 0 Å². The predicted molar refractivity (Wildman–Crippen MR) is 110 cm³/mol. The number of terminal acetylenes is 1. The fourth-order valence-corrected chi connectivity index (χ4v) is 3.32. The molecule has 0 spiro atoms. The number of hydrogen-bond acceptors (Lipinski definition) is 3. The van der Waals surface area contributed by atoms with Gasteiger partial charge in [0.15, 0.2) is 0 Å². The van der Waals surface area contributed by atoms with Crippen LogP contribution in [0.15, 0.2) is 42.6 Å². The number of phenols is 1. The highest BCUT2D eigenvalue weighted by Crippen LogP contribution is 2.30. The summed E-state index contributed by atoms with van der Waals surface area (Å²) < 4.78 is 1.81. The van der Waals surface area contributed by atoms with E-state index in [9.17, 15) is 9.90 Å². The van der Waals surface area contributed by atoms with Crippen molar-refractivity contribution >= 4 is 29.1 Å². The van der Waals surface area contributed by atoms with Gasteiger partial charge in [-0.1, -0.05) is 35.2 Å². The summed E-state index contributed by atoms with van der Waals surface area (Å²) >= 11 is 12.2. The Morgan fingerprint density at radius 3 is 2.75 bits per heavy atom. The lowest BCUT2D eigenvalue weighted by molar-refractivity contribution is 0.0999. The van der Waals surface area contributed by atoms with Crippen molar-refractivity contribution in [3.63, 3.8) is 0 Å². The van der Waals surface area contributed by atoms with Crippen LogP contribution in [-0.2, 0) is 13.0 Å². The molecule has 0 saturated heterocycles. The van der Waals surface area contributed by atoms with E-state index in [1.54, 1.807) is 24.3 Å². The SMILES string of the molecule is C#CCn1cc(-c2ccc(Cl)cc2Cl)nc1[CH]Cc1ccc(O)cc1C(N)=O. The molecule has 0 saturated carbocycles. The number of imidazole rings is 1. The number of amides is 1. The molecular formula is C21H16Cl2N3O2. The minimum atomic E-state index is -0.611. The maximum atomic E-state index is 11.6. The number of nitrogens with two attached hydrogens (primary N) is 1. The zero-order valence-corrected chi connectivity index (χ0v) is 16.2. The van der Waals surface area contributed by atoms with Gasteiger partial charge >= 0.3 is 0 Å². The number of phenolic OH excluding ortho intramolecular Hbond substituents is 1. The second kappa shape index (κ2) is 8.39. The molecule has 3 rings (SSSR count). The zero-order chi connectivity index (χ0) is 20.3. The first-order valence-electron chi connectivity index (χ1n) is 8.30. The lowest BCUT2D eigenvalue weighted by atomic mass is 10.0. The second-order valence-corrected chi connectivity index (χ2v) is 6.90. The van der Waals surface area contributed by atoms with Crippen LogP contribution in [-0.4, -0.2) is 20.6 Å². The molecule has 0 aliphatic heterocycles. The van der Waals surface area contributed by atoms with Crippen LogP contribution in [0.25, 0.3) is 11.3 Å². The van der Waals surface area contributed by atoms with E-state index in [-0.39, 0.29) is 11.3 Å². The van der Waals surface area contributed by atoms with Crippen LogP contribution < -0.4 is 5.73 Å². The van der Waals surface area contributed by atoms with Crippen molar-refractivity contribution in [2.45, 2.75) is 13.0 Å². The van der Waals surface area contributed by atoms with Crippen molar-refractivity contribution in [1.82, 2.24) is 9.55 Å². The summed E-state index contributed by atoms with van der Waals surface area (Å²) in [4.78, 5) is 16.2. The Hall–Kier alpha value is -2.94. The standard InChI is InChI=1S/C21H16Cl2N3O2/c1-2-9-26-12-19(16-7-5-14(22)10-18(16)23)25-20(26)8-4-13-3-6-15(27)11-17(13)21(24)28/h1,3,5-8,10-12,27H,4,9H2,(H2,24,28). The van der Waals surface area contributed by atoms with E-state index in [0.29, 0.717) is 40.1 Å². The summed E-state index contributed by atoms with van der Waals surface area (Å²) in [7, 11) is 0. The lowest BCUT2D eigenvalue weighted by Crippen LogP contribution is -2.14. The normalized spacial score (nSPS) is 10.6. The number of halogens is 2. The highest BCUT2D eigenvalue weighted by molar-refractivity contribution is 6.36. The highest BCUT2D eigenvalue weighted by Gasteiger charge is 2.15. The van der Waals surface area contributed by atoms with E-state index in [1.807, 2.05) is 17.2 Å². The summed E-state index contributed by atoms with van der Waals surface area (Å²) in [5, 5.41) is 10.6. The van der Waals surface area contributed by atoms with E-state index in [2.05, 4.69) is 10.9 Å². The number of carbonyl (C=O) groups excluding carboxylic acids is 1. The molecule has 1 amide bonds. The Balaban J connectivity index is 1.91. The maximum Gasteiger partial charge on any atom is 0.249 e. The van der Waals surface area contributed by atoms with Gasteiger partial charge in [0.25, 0.3) is 0 Å². The molecule has 0 aliphatic rings. The van der Waals surface area contributed by atoms with Gasteiger partial charge in [-0.05, 0) is 42.3 Å². The molecule has 28 heavy (non-hydrogen) atoms. The van der Waals surface area contributed by atoms with Crippen molar-refractivity contribution in [1.29, 1.82) is 0 Å². The maximum absolute atomic E-state index is 11.6. The van der Waals surface area contributed by atoms with E-state index in [4.69, 9.17) is 35.4 Å². The first kappa shape index (κ1) is 19.8. The molecule has 0 atom stereocenters. The van der Waals surface area contributed by atoms with Crippen molar-refractivity contribution in [3.05, 3.63) is 76.0 Å². The van der Waals surface area contributed by atoms with Crippen LogP contribution in [0, 0.1) is 18.8 Å². The number of rotatable bonds is 6. The van der Waals surface area contributed by atoms with Crippen molar-refractivity contribution in [2.24, 2.45) is 5.73 Å². The fourth-order valence-electron chi connectivity index (χ4n) is 2.82. The third-order valence-corrected chi connectivity index (χ3v) is 4.69. The molecule has 0 unspecified atom stereocenters. The van der Waals surface area contributed by atoms with Gasteiger partial charge in [-0.25, -0.2) is 4.98 Å². The first-order valence-corrected chi connectivity index (χ1v) is 9.05. The van der Waals surface area contributed by atoms with E-state index in [1.165, 1.54) is 12.1 Å². The van der Waals surface area contributed by atoms with Gasteiger partial charge in [0, 0.05) is 28.8 Å². The van der Waals surface area contributed by atoms with Crippen molar-refractivity contribution in [3.8, 4) is 29.4 Å².